The summed E-state index contributed by atoms with van der Waals surface area (Å²) in [5, 5.41) is 10.9. The van der Waals surface area contributed by atoms with Gasteiger partial charge in [-0.15, -0.1) is 0 Å². The van der Waals surface area contributed by atoms with E-state index in [9.17, 15) is 5.11 Å². The van der Waals surface area contributed by atoms with Crippen LogP contribution in [-0.4, -0.2) is 12.2 Å². The number of halogens is 1. The van der Waals surface area contributed by atoms with Gasteiger partial charge in [0.25, 0.3) is 0 Å². The predicted octanol–water partition coefficient (Wildman–Crippen LogP) is 3.82. The van der Waals surface area contributed by atoms with Crippen LogP contribution in [0.5, 0.6) is 5.75 Å². The molecule has 1 saturated carbocycles. The first-order valence-electron chi connectivity index (χ1n) is 6.13. The minimum atomic E-state index is -0.397. The van der Waals surface area contributed by atoms with E-state index in [2.05, 4.69) is 6.92 Å². The minimum absolute atomic E-state index is 0.371. The van der Waals surface area contributed by atoms with Crippen LogP contribution in [0.2, 0.25) is 5.02 Å². The smallest absolute Gasteiger partial charge is 0.137 e. The molecule has 0 radical (unpaired) electrons. The molecule has 0 spiro atoms. The second-order valence-electron chi connectivity index (χ2n) is 5.02. The summed E-state index contributed by atoms with van der Waals surface area (Å²) in [6.45, 7) is 2.25. The number of aliphatic hydroxyl groups excluding tert-OH is 1. The zero-order valence-electron chi connectivity index (χ0n) is 10.3. The summed E-state index contributed by atoms with van der Waals surface area (Å²) in [5.41, 5.74) is 0.908. The van der Waals surface area contributed by atoms with E-state index in [4.69, 9.17) is 16.3 Å². The third kappa shape index (κ3) is 2.75. The summed E-state index contributed by atoms with van der Waals surface area (Å²) < 4.78 is 5.18. The van der Waals surface area contributed by atoms with Crippen LogP contribution in [0.1, 0.15) is 37.9 Å². The molecule has 1 aromatic rings. The number of aliphatic hydroxyl groups is 1. The molecule has 0 aliphatic heterocycles. The van der Waals surface area contributed by atoms with Crippen molar-refractivity contribution in [2.75, 3.05) is 7.11 Å². The fourth-order valence-electron chi connectivity index (χ4n) is 2.67. The average molecular weight is 255 g/mol. The molecule has 1 N–H and O–H groups in total. The molecule has 0 aromatic heterocycles. The first-order valence-corrected chi connectivity index (χ1v) is 6.51. The van der Waals surface area contributed by atoms with E-state index >= 15 is 0 Å². The van der Waals surface area contributed by atoms with E-state index in [0.29, 0.717) is 16.7 Å². The molecule has 3 atom stereocenters. The number of hydrogen-bond donors (Lipinski definition) is 1. The van der Waals surface area contributed by atoms with Crippen LogP contribution in [0.4, 0.5) is 0 Å². The molecule has 0 amide bonds. The number of methoxy groups -OCH3 is 1. The quantitative estimate of drug-likeness (QED) is 0.889. The summed E-state index contributed by atoms with van der Waals surface area (Å²) in [4.78, 5) is 0. The summed E-state index contributed by atoms with van der Waals surface area (Å²) in [7, 11) is 1.59. The average Bonchev–Trinajstić information content (AvgIpc) is 2.75. The largest absolute Gasteiger partial charge is 0.495 e. The fourth-order valence-corrected chi connectivity index (χ4v) is 2.87. The molecule has 3 unspecified atom stereocenters. The van der Waals surface area contributed by atoms with Crippen molar-refractivity contribution in [3.05, 3.63) is 28.8 Å². The summed E-state index contributed by atoms with van der Waals surface area (Å²) >= 11 is 5.98. The number of rotatable bonds is 3. The Bertz CT molecular complexity index is 392. The standard InChI is InChI=1S/C14H19ClO2/c1-9-3-4-10(7-9)14(16)11-5-6-12(15)13(8-11)17-2/h5-6,8-10,14,16H,3-4,7H2,1-2H3. The zero-order chi connectivity index (χ0) is 12.4. The highest BCUT2D eigenvalue weighted by Crippen LogP contribution is 2.40. The molecule has 94 valence electrons. The number of ether oxygens (including phenoxy) is 1. The van der Waals surface area contributed by atoms with Gasteiger partial charge in [-0.05, 0) is 42.4 Å². The Labute approximate surface area is 108 Å². The highest BCUT2D eigenvalue weighted by atomic mass is 35.5. The van der Waals surface area contributed by atoms with E-state index in [1.807, 2.05) is 12.1 Å². The molecular formula is C14H19ClO2. The molecule has 0 heterocycles. The van der Waals surface area contributed by atoms with Crippen LogP contribution in [0.3, 0.4) is 0 Å². The Morgan fingerprint density at radius 3 is 2.76 bits per heavy atom. The van der Waals surface area contributed by atoms with Crippen molar-refractivity contribution >= 4 is 11.6 Å². The second-order valence-corrected chi connectivity index (χ2v) is 5.42. The lowest BCUT2D eigenvalue weighted by molar-refractivity contribution is 0.109. The van der Waals surface area contributed by atoms with Gasteiger partial charge in [-0.3, -0.25) is 0 Å². The predicted molar refractivity (Wildman–Crippen MR) is 69.5 cm³/mol. The van der Waals surface area contributed by atoms with Crippen LogP contribution in [-0.2, 0) is 0 Å². The van der Waals surface area contributed by atoms with Gasteiger partial charge in [0.15, 0.2) is 0 Å². The lowest BCUT2D eigenvalue weighted by atomic mass is 9.93. The van der Waals surface area contributed by atoms with Crippen LogP contribution >= 0.6 is 11.6 Å². The number of benzene rings is 1. The van der Waals surface area contributed by atoms with Gasteiger partial charge in [-0.2, -0.15) is 0 Å². The van der Waals surface area contributed by atoms with Gasteiger partial charge in [0.1, 0.15) is 5.75 Å². The van der Waals surface area contributed by atoms with Crippen LogP contribution in [0, 0.1) is 11.8 Å². The van der Waals surface area contributed by atoms with Crippen molar-refractivity contribution in [3.8, 4) is 5.75 Å². The maximum Gasteiger partial charge on any atom is 0.137 e. The van der Waals surface area contributed by atoms with Crippen LogP contribution < -0.4 is 4.74 Å². The molecule has 3 heteroatoms. The van der Waals surface area contributed by atoms with E-state index in [0.717, 1.165) is 24.3 Å². The Morgan fingerprint density at radius 1 is 1.41 bits per heavy atom. The Balaban J connectivity index is 2.16. The topological polar surface area (TPSA) is 29.5 Å². The molecule has 2 rings (SSSR count). The molecule has 1 aromatic carbocycles. The molecule has 1 aliphatic rings. The first-order chi connectivity index (χ1) is 8.11. The molecule has 17 heavy (non-hydrogen) atoms. The maximum absolute atomic E-state index is 10.4. The normalized spacial score (nSPS) is 25.9. The second kappa shape index (κ2) is 5.28. The van der Waals surface area contributed by atoms with Gasteiger partial charge < -0.3 is 9.84 Å². The van der Waals surface area contributed by atoms with Gasteiger partial charge in [0.05, 0.1) is 18.2 Å². The van der Waals surface area contributed by atoms with Crippen LogP contribution in [0.25, 0.3) is 0 Å². The lowest BCUT2D eigenvalue weighted by Crippen LogP contribution is -2.09. The molecule has 1 fully saturated rings. The van der Waals surface area contributed by atoms with Gasteiger partial charge >= 0.3 is 0 Å². The summed E-state index contributed by atoms with van der Waals surface area (Å²) in [6.07, 6.45) is 3.03. The monoisotopic (exact) mass is 254 g/mol. The van der Waals surface area contributed by atoms with E-state index in [-0.39, 0.29) is 0 Å². The van der Waals surface area contributed by atoms with Crippen molar-refractivity contribution in [2.24, 2.45) is 11.8 Å². The van der Waals surface area contributed by atoms with E-state index < -0.39 is 6.10 Å². The Hall–Kier alpha value is -0.730. The van der Waals surface area contributed by atoms with Gasteiger partial charge in [0.2, 0.25) is 0 Å². The summed E-state index contributed by atoms with van der Waals surface area (Å²) in [5.74, 6) is 1.73. The van der Waals surface area contributed by atoms with Gasteiger partial charge in [0, 0.05) is 0 Å². The van der Waals surface area contributed by atoms with Crippen molar-refractivity contribution < 1.29 is 9.84 Å². The highest BCUT2D eigenvalue weighted by Gasteiger charge is 2.28. The lowest BCUT2D eigenvalue weighted by Gasteiger charge is -2.19. The van der Waals surface area contributed by atoms with Crippen molar-refractivity contribution in [3.63, 3.8) is 0 Å². The Kier molecular flexibility index (Phi) is 3.95. The van der Waals surface area contributed by atoms with Crippen molar-refractivity contribution in [2.45, 2.75) is 32.3 Å². The first kappa shape index (κ1) is 12.7. The minimum Gasteiger partial charge on any atom is -0.495 e. The van der Waals surface area contributed by atoms with Gasteiger partial charge in [-0.1, -0.05) is 31.0 Å². The molecule has 0 saturated heterocycles. The Morgan fingerprint density at radius 2 is 2.18 bits per heavy atom. The van der Waals surface area contributed by atoms with E-state index in [1.54, 1.807) is 13.2 Å². The van der Waals surface area contributed by atoms with Crippen molar-refractivity contribution in [1.29, 1.82) is 0 Å². The fraction of sp³-hybridized carbons (Fsp3) is 0.571. The number of hydrogen-bond acceptors (Lipinski definition) is 2. The molecular weight excluding hydrogens is 236 g/mol. The summed E-state index contributed by atoms with van der Waals surface area (Å²) in [6, 6.07) is 5.52. The zero-order valence-corrected chi connectivity index (χ0v) is 11.1. The highest BCUT2D eigenvalue weighted by molar-refractivity contribution is 6.32. The third-order valence-electron chi connectivity index (χ3n) is 3.70. The molecule has 1 aliphatic carbocycles. The maximum atomic E-state index is 10.4. The SMILES string of the molecule is COc1cc(C(O)C2CCC(C)C2)ccc1Cl. The molecule has 0 bridgehead atoms. The van der Waals surface area contributed by atoms with E-state index in [1.165, 1.54) is 6.42 Å². The van der Waals surface area contributed by atoms with Gasteiger partial charge in [-0.25, -0.2) is 0 Å². The third-order valence-corrected chi connectivity index (χ3v) is 4.01. The van der Waals surface area contributed by atoms with Crippen LogP contribution in [0.15, 0.2) is 18.2 Å². The molecule has 2 nitrogen and oxygen atoms in total. The van der Waals surface area contributed by atoms with Crippen molar-refractivity contribution in [1.82, 2.24) is 0 Å².